The third kappa shape index (κ3) is 97.5. The number of carboxylic acids is 4. The van der Waals surface area contributed by atoms with Crippen LogP contribution < -0.4 is 0 Å². The van der Waals surface area contributed by atoms with E-state index in [0.29, 0.717) is 0 Å². The molecule has 31 heavy (non-hydrogen) atoms. The van der Waals surface area contributed by atoms with Gasteiger partial charge in [0.1, 0.15) is 0 Å². The van der Waals surface area contributed by atoms with Crippen LogP contribution in [0.25, 0.3) is 0 Å². The van der Waals surface area contributed by atoms with Crippen LogP contribution in [0.3, 0.4) is 0 Å². The molecular formula is C18H38O13. The van der Waals surface area contributed by atoms with E-state index in [1.54, 1.807) is 27.7 Å². The van der Waals surface area contributed by atoms with Crippen molar-refractivity contribution in [3.05, 3.63) is 0 Å². The van der Waals surface area contributed by atoms with Gasteiger partial charge < -0.3 is 45.6 Å². The molecule has 0 heterocycles. The number of rotatable bonds is 10. The Bertz CT molecular complexity index is 357. The average molecular weight is 462 g/mol. The van der Waals surface area contributed by atoms with Gasteiger partial charge in [0, 0.05) is 38.5 Å². The Morgan fingerprint density at radius 1 is 0.548 bits per heavy atom. The fourth-order valence-electron chi connectivity index (χ4n) is 0.480. The lowest BCUT2D eigenvalue weighted by Gasteiger charge is -2.05. The topological polar surface area (TPSA) is 239 Å². The molecule has 0 unspecified atom stereocenters. The Hall–Kier alpha value is -2.32. The number of hydrogen-bond acceptors (Lipinski definition) is 9. The van der Waals surface area contributed by atoms with Crippen LogP contribution in [0, 0.1) is 0 Å². The predicted molar refractivity (Wildman–Crippen MR) is 108 cm³/mol. The molecule has 13 nitrogen and oxygen atoms in total. The van der Waals surface area contributed by atoms with Crippen molar-refractivity contribution < 1.29 is 64.8 Å². The highest BCUT2D eigenvalue weighted by Crippen LogP contribution is 1.91. The van der Waals surface area contributed by atoms with Crippen LogP contribution in [0.5, 0.6) is 0 Å². The van der Waals surface area contributed by atoms with Crippen LogP contribution in [-0.4, -0.2) is 90.5 Å². The zero-order chi connectivity index (χ0) is 25.8. The first-order valence-electron chi connectivity index (χ1n) is 9.38. The minimum absolute atomic E-state index is 0.140. The summed E-state index contributed by atoms with van der Waals surface area (Å²) in [5, 5.41) is 64.2. The molecule has 0 aliphatic carbocycles. The Morgan fingerprint density at radius 2 is 0.710 bits per heavy atom. The molecule has 0 aliphatic heterocycles. The lowest BCUT2D eigenvalue weighted by molar-refractivity contribution is -0.137. The van der Waals surface area contributed by atoms with Crippen molar-refractivity contribution in [2.24, 2.45) is 0 Å². The molecule has 0 saturated heterocycles. The number of aliphatic carboxylic acids is 4. The van der Waals surface area contributed by atoms with Crippen LogP contribution >= 0.6 is 0 Å². The number of aliphatic hydroxyl groups excluding tert-OH is 2. The summed E-state index contributed by atoms with van der Waals surface area (Å²) in [4.78, 5) is 37.5. The van der Waals surface area contributed by atoms with E-state index in [9.17, 15) is 19.2 Å². The normalized spacial score (nSPS) is 8.84. The predicted octanol–water partition coefficient (Wildman–Crippen LogP) is 0.329. The lowest BCUT2D eigenvalue weighted by Crippen LogP contribution is -2.12. The van der Waals surface area contributed by atoms with Crippen molar-refractivity contribution in [3.8, 4) is 0 Å². The summed E-state index contributed by atoms with van der Waals surface area (Å²) in [7, 11) is 0. The summed E-state index contributed by atoms with van der Waals surface area (Å²) in [6.45, 7) is 6.82. The van der Waals surface area contributed by atoms with Crippen molar-refractivity contribution in [2.75, 3.05) is 13.2 Å². The molecule has 0 fully saturated rings. The maximum Gasteiger partial charge on any atom is 0.303 e. The van der Waals surface area contributed by atoms with Crippen molar-refractivity contribution in [2.45, 2.75) is 78.8 Å². The first-order valence-corrected chi connectivity index (χ1v) is 9.38. The van der Waals surface area contributed by atoms with E-state index >= 15 is 0 Å². The van der Waals surface area contributed by atoms with Gasteiger partial charge in [0.25, 0.3) is 0 Å². The van der Waals surface area contributed by atoms with Gasteiger partial charge in [-0.25, -0.2) is 0 Å². The first kappa shape index (κ1) is 39.2. The molecule has 0 saturated carbocycles. The molecule has 8 N–H and O–H groups in total. The highest BCUT2D eigenvalue weighted by atomic mass is 16.5. The highest BCUT2D eigenvalue weighted by Gasteiger charge is 1.99. The third-order valence-corrected chi connectivity index (χ3v) is 2.25. The summed E-state index contributed by atoms with van der Waals surface area (Å²) in [6, 6.07) is 0. The number of hydrogen-bond donors (Lipinski definition) is 8. The molecule has 0 spiro atoms. The number of carbonyl (C=O) groups is 4. The first-order chi connectivity index (χ1) is 14.2. The van der Waals surface area contributed by atoms with Crippen molar-refractivity contribution >= 4 is 23.9 Å². The third-order valence-electron chi connectivity index (χ3n) is 2.25. The van der Waals surface area contributed by atoms with E-state index in [1.807, 2.05) is 0 Å². The molecule has 0 rings (SSSR count). The van der Waals surface area contributed by atoms with Gasteiger partial charge in [-0.1, -0.05) is 27.7 Å². The SMILES string of the molecule is CCC(=O)O.CCC(=O)O.CCC(=O)O.CCC(=O)O.OC(O)CCOCCC(O)O. The minimum atomic E-state index is -1.35. The van der Waals surface area contributed by atoms with Crippen LogP contribution in [0.1, 0.15) is 66.2 Å². The maximum atomic E-state index is 9.37. The van der Waals surface area contributed by atoms with E-state index < -0.39 is 36.5 Å². The van der Waals surface area contributed by atoms with E-state index in [4.69, 9.17) is 45.6 Å². The van der Waals surface area contributed by atoms with Gasteiger partial charge in [-0.15, -0.1) is 0 Å². The van der Waals surface area contributed by atoms with Gasteiger partial charge in [0.2, 0.25) is 0 Å². The molecule has 13 heteroatoms. The van der Waals surface area contributed by atoms with Crippen LogP contribution in [0.15, 0.2) is 0 Å². The minimum Gasteiger partial charge on any atom is -0.481 e. The zero-order valence-corrected chi connectivity index (χ0v) is 18.4. The average Bonchev–Trinajstić information content (AvgIpc) is 2.68. The molecule has 0 aromatic carbocycles. The molecule has 0 aliphatic rings. The molecule has 0 bridgehead atoms. The summed E-state index contributed by atoms with van der Waals surface area (Å²) in [5.41, 5.74) is 0. The van der Waals surface area contributed by atoms with Gasteiger partial charge in [-0.2, -0.15) is 0 Å². The highest BCUT2D eigenvalue weighted by molar-refractivity contribution is 5.66. The standard InChI is InChI=1S/C6H14O5.4C3H6O2/c7-5(8)1-3-11-4-2-6(9)10;4*1-2-3(4)5/h5-10H,1-4H2;4*2H2,1H3,(H,4,5). The largest absolute Gasteiger partial charge is 0.481 e. The fraction of sp³-hybridized carbons (Fsp3) is 0.778. The second kappa shape index (κ2) is 32.3. The van der Waals surface area contributed by atoms with Gasteiger partial charge in [0.15, 0.2) is 12.6 Å². The number of carboxylic acid groups (broad SMARTS) is 4. The summed E-state index contributed by atoms with van der Waals surface area (Å²) < 4.78 is 4.82. The van der Waals surface area contributed by atoms with E-state index in [1.165, 1.54) is 0 Å². The zero-order valence-electron chi connectivity index (χ0n) is 18.4. The summed E-state index contributed by atoms with van der Waals surface area (Å²) in [6.07, 6.45) is -1.54. The lowest BCUT2D eigenvalue weighted by atomic mass is 10.4. The van der Waals surface area contributed by atoms with Crippen molar-refractivity contribution in [3.63, 3.8) is 0 Å². The molecule has 0 aromatic heterocycles. The second-order valence-electron chi connectivity index (χ2n) is 5.14. The van der Waals surface area contributed by atoms with E-state index in [0.717, 1.165) is 0 Å². The van der Waals surface area contributed by atoms with Crippen LogP contribution in [-0.2, 0) is 23.9 Å². The van der Waals surface area contributed by atoms with Gasteiger partial charge in [-0.3, -0.25) is 19.2 Å². The van der Waals surface area contributed by atoms with Gasteiger partial charge in [-0.05, 0) is 0 Å². The number of ether oxygens (including phenoxy) is 1. The molecule has 0 atom stereocenters. The monoisotopic (exact) mass is 462 g/mol. The maximum absolute atomic E-state index is 9.37. The van der Waals surface area contributed by atoms with Crippen molar-refractivity contribution in [1.82, 2.24) is 0 Å². The molecule has 0 amide bonds. The Kier molecular flexibility index (Phi) is 40.9. The molecule has 188 valence electrons. The fourth-order valence-corrected chi connectivity index (χ4v) is 0.480. The van der Waals surface area contributed by atoms with Crippen LogP contribution in [0.2, 0.25) is 0 Å². The Labute approximate surface area is 181 Å². The quantitative estimate of drug-likeness (QED) is 0.161. The summed E-state index contributed by atoms with van der Waals surface area (Å²) >= 11 is 0. The van der Waals surface area contributed by atoms with Gasteiger partial charge >= 0.3 is 23.9 Å². The molecule has 0 aromatic rings. The smallest absolute Gasteiger partial charge is 0.303 e. The summed E-state index contributed by atoms with van der Waals surface area (Å²) in [5.74, 6) is -2.98. The van der Waals surface area contributed by atoms with Crippen LogP contribution in [0.4, 0.5) is 0 Å². The van der Waals surface area contributed by atoms with Crippen molar-refractivity contribution in [1.29, 1.82) is 0 Å². The van der Waals surface area contributed by atoms with Gasteiger partial charge in [0.05, 0.1) is 13.2 Å². The Balaban J connectivity index is -0.0000000967. The van der Waals surface area contributed by atoms with E-state index in [-0.39, 0.29) is 51.7 Å². The second-order valence-corrected chi connectivity index (χ2v) is 5.14. The number of aliphatic hydroxyl groups is 4. The molecule has 0 radical (unpaired) electrons. The van der Waals surface area contributed by atoms with E-state index in [2.05, 4.69) is 0 Å². The molecular weight excluding hydrogens is 424 g/mol. The Morgan fingerprint density at radius 3 is 0.806 bits per heavy atom.